The van der Waals surface area contributed by atoms with Crippen molar-refractivity contribution >= 4 is 17.2 Å². The van der Waals surface area contributed by atoms with Crippen LogP contribution in [0.15, 0.2) is 23.6 Å². The first-order valence-electron chi connectivity index (χ1n) is 7.43. The molecule has 1 aliphatic heterocycles. The second-order valence-electron chi connectivity index (χ2n) is 5.28. The zero-order valence-corrected chi connectivity index (χ0v) is 13.2. The van der Waals surface area contributed by atoms with Gasteiger partial charge in [-0.15, -0.1) is 11.3 Å². The van der Waals surface area contributed by atoms with Crippen LogP contribution < -0.4 is 5.32 Å². The molecule has 1 aliphatic rings. The summed E-state index contributed by atoms with van der Waals surface area (Å²) in [6, 6.07) is 3.74. The van der Waals surface area contributed by atoms with Gasteiger partial charge in [-0.25, -0.2) is 13.8 Å². The third kappa shape index (κ3) is 3.73. The van der Waals surface area contributed by atoms with Crippen molar-refractivity contribution in [3.05, 3.63) is 40.9 Å². The fraction of sp³-hybridized carbons (Fsp3) is 0.375. The molecule has 1 amide bonds. The summed E-state index contributed by atoms with van der Waals surface area (Å²) in [5.41, 5.74) is 0.590. The van der Waals surface area contributed by atoms with Gasteiger partial charge in [-0.1, -0.05) is 6.07 Å². The predicted octanol–water partition coefficient (Wildman–Crippen LogP) is 2.93. The minimum atomic E-state index is -0.627. The molecule has 23 heavy (non-hydrogen) atoms. The lowest BCUT2D eigenvalue weighted by Crippen LogP contribution is -2.35. The molecule has 1 aromatic carbocycles. The van der Waals surface area contributed by atoms with Crippen molar-refractivity contribution in [2.75, 3.05) is 13.2 Å². The van der Waals surface area contributed by atoms with Gasteiger partial charge in [-0.3, -0.25) is 4.79 Å². The van der Waals surface area contributed by atoms with Crippen molar-refractivity contribution in [2.45, 2.75) is 25.4 Å². The van der Waals surface area contributed by atoms with E-state index in [2.05, 4.69) is 10.3 Å². The highest BCUT2D eigenvalue weighted by Gasteiger charge is 2.23. The number of nitrogens with zero attached hydrogens (tertiary/aromatic N) is 1. The van der Waals surface area contributed by atoms with Gasteiger partial charge < -0.3 is 10.1 Å². The van der Waals surface area contributed by atoms with Crippen LogP contribution in [0.1, 0.15) is 18.5 Å². The molecule has 4 nitrogen and oxygen atoms in total. The minimum absolute atomic E-state index is 0.104. The Kier molecular flexibility index (Phi) is 4.97. The molecule has 0 radical (unpaired) electrons. The van der Waals surface area contributed by atoms with Gasteiger partial charge in [0.25, 0.3) is 0 Å². The molecule has 1 N–H and O–H groups in total. The van der Waals surface area contributed by atoms with Gasteiger partial charge >= 0.3 is 0 Å². The number of ether oxygens (including phenoxy) is 1. The molecule has 0 bridgehead atoms. The lowest BCUT2D eigenvalue weighted by Gasteiger charge is -2.09. The maximum absolute atomic E-state index is 13.7. The lowest BCUT2D eigenvalue weighted by molar-refractivity contribution is -0.129. The Morgan fingerprint density at radius 3 is 2.87 bits per heavy atom. The molecule has 1 saturated heterocycles. The first-order valence-corrected chi connectivity index (χ1v) is 8.31. The monoisotopic (exact) mass is 338 g/mol. The molecule has 1 unspecified atom stereocenters. The van der Waals surface area contributed by atoms with Gasteiger partial charge in [0.15, 0.2) is 0 Å². The van der Waals surface area contributed by atoms with Crippen LogP contribution in [-0.2, 0) is 16.0 Å². The second-order valence-corrected chi connectivity index (χ2v) is 6.14. The standard InChI is InChI=1S/C16H16F2N2O2S/c17-11-3-1-4-12(18)14(11)16-20-10(9-23-16)6-7-19-15(21)13-5-2-8-22-13/h1,3-4,9,13H,2,5-8H2,(H,19,21). The zero-order chi connectivity index (χ0) is 16.2. The van der Waals surface area contributed by atoms with Gasteiger partial charge in [0, 0.05) is 25.0 Å². The third-order valence-electron chi connectivity index (χ3n) is 3.63. The normalized spacial score (nSPS) is 17.4. The van der Waals surface area contributed by atoms with Crippen LogP contribution in [0.5, 0.6) is 0 Å². The van der Waals surface area contributed by atoms with E-state index in [0.717, 1.165) is 12.8 Å². The van der Waals surface area contributed by atoms with Gasteiger partial charge in [-0.2, -0.15) is 0 Å². The third-order valence-corrected chi connectivity index (χ3v) is 4.54. The van der Waals surface area contributed by atoms with E-state index in [0.29, 0.717) is 30.3 Å². The SMILES string of the molecule is O=C(NCCc1csc(-c2c(F)cccc2F)n1)C1CCCO1. The number of halogens is 2. The fourth-order valence-electron chi connectivity index (χ4n) is 2.45. The summed E-state index contributed by atoms with van der Waals surface area (Å²) in [7, 11) is 0. The minimum Gasteiger partial charge on any atom is -0.368 e. The average Bonchev–Trinajstić information content (AvgIpc) is 3.18. The number of nitrogens with one attached hydrogen (secondary N) is 1. The highest BCUT2D eigenvalue weighted by atomic mass is 32.1. The van der Waals surface area contributed by atoms with E-state index < -0.39 is 11.6 Å². The van der Waals surface area contributed by atoms with Crippen molar-refractivity contribution in [2.24, 2.45) is 0 Å². The van der Waals surface area contributed by atoms with Crippen LogP contribution in [0, 0.1) is 11.6 Å². The number of amides is 1. The van der Waals surface area contributed by atoms with E-state index in [1.165, 1.54) is 29.5 Å². The smallest absolute Gasteiger partial charge is 0.249 e. The molecule has 122 valence electrons. The highest BCUT2D eigenvalue weighted by Crippen LogP contribution is 2.28. The molecule has 7 heteroatoms. The molecule has 1 aromatic heterocycles. The highest BCUT2D eigenvalue weighted by molar-refractivity contribution is 7.13. The lowest BCUT2D eigenvalue weighted by atomic mass is 10.2. The molecule has 3 rings (SSSR count). The topological polar surface area (TPSA) is 51.2 Å². The van der Waals surface area contributed by atoms with Crippen molar-refractivity contribution in [3.8, 4) is 10.6 Å². The Morgan fingerprint density at radius 1 is 1.39 bits per heavy atom. The number of rotatable bonds is 5. The predicted molar refractivity (Wildman–Crippen MR) is 83.2 cm³/mol. The number of thiazole rings is 1. The Labute approximate surface area is 136 Å². The summed E-state index contributed by atoms with van der Waals surface area (Å²) in [4.78, 5) is 16.1. The molecule has 1 fully saturated rings. The number of carbonyl (C=O) groups is 1. The first-order chi connectivity index (χ1) is 11.1. The van der Waals surface area contributed by atoms with E-state index in [9.17, 15) is 13.6 Å². The molecular formula is C16H16F2N2O2S. The van der Waals surface area contributed by atoms with Crippen LogP contribution in [0.2, 0.25) is 0 Å². The second kappa shape index (κ2) is 7.14. The van der Waals surface area contributed by atoms with E-state index in [-0.39, 0.29) is 17.6 Å². The Hall–Kier alpha value is -1.86. The summed E-state index contributed by atoms with van der Waals surface area (Å²) in [5.74, 6) is -1.37. The number of benzene rings is 1. The van der Waals surface area contributed by atoms with Crippen LogP contribution in [-0.4, -0.2) is 30.1 Å². The molecule has 2 heterocycles. The number of hydrogen-bond acceptors (Lipinski definition) is 4. The van der Waals surface area contributed by atoms with E-state index in [1.807, 2.05) is 0 Å². The molecule has 0 aliphatic carbocycles. The molecule has 2 aromatic rings. The zero-order valence-electron chi connectivity index (χ0n) is 12.4. The maximum Gasteiger partial charge on any atom is 0.249 e. The summed E-state index contributed by atoms with van der Waals surface area (Å²) in [6.07, 6.45) is 1.81. The molecule has 1 atom stereocenters. The van der Waals surface area contributed by atoms with Gasteiger partial charge in [0.2, 0.25) is 5.91 Å². The van der Waals surface area contributed by atoms with Crippen molar-refractivity contribution in [1.82, 2.24) is 10.3 Å². The Morgan fingerprint density at radius 2 is 2.17 bits per heavy atom. The Balaban J connectivity index is 1.58. The molecule has 0 saturated carbocycles. The van der Waals surface area contributed by atoms with Gasteiger partial charge in [0.1, 0.15) is 22.7 Å². The van der Waals surface area contributed by atoms with E-state index in [4.69, 9.17) is 4.74 Å². The molecular weight excluding hydrogens is 322 g/mol. The molecule has 0 spiro atoms. The number of hydrogen-bond donors (Lipinski definition) is 1. The first kappa shape index (κ1) is 16.0. The van der Waals surface area contributed by atoms with Crippen LogP contribution in [0.25, 0.3) is 10.6 Å². The number of carbonyl (C=O) groups excluding carboxylic acids is 1. The fourth-order valence-corrected chi connectivity index (χ4v) is 3.35. The summed E-state index contributed by atoms with van der Waals surface area (Å²) >= 11 is 1.19. The largest absolute Gasteiger partial charge is 0.368 e. The number of aromatic nitrogens is 1. The van der Waals surface area contributed by atoms with Gasteiger partial charge in [-0.05, 0) is 25.0 Å². The quantitative estimate of drug-likeness (QED) is 0.912. The maximum atomic E-state index is 13.7. The summed E-state index contributed by atoms with van der Waals surface area (Å²) in [6.45, 7) is 1.04. The summed E-state index contributed by atoms with van der Waals surface area (Å²) < 4.78 is 32.8. The van der Waals surface area contributed by atoms with Gasteiger partial charge in [0.05, 0.1) is 11.3 Å². The average molecular weight is 338 g/mol. The van der Waals surface area contributed by atoms with E-state index >= 15 is 0 Å². The van der Waals surface area contributed by atoms with Crippen molar-refractivity contribution < 1.29 is 18.3 Å². The Bertz CT molecular complexity index is 679. The van der Waals surface area contributed by atoms with Crippen molar-refractivity contribution in [1.29, 1.82) is 0 Å². The van der Waals surface area contributed by atoms with Crippen LogP contribution in [0.3, 0.4) is 0 Å². The van der Waals surface area contributed by atoms with E-state index in [1.54, 1.807) is 5.38 Å². The van der Waals surface area contributed by atoms with Crippen LogP contribution in [0.4, 0.5) is 8.78 Å². The summed E-state index contributed by atoms with van der Waals surface area (Å²) in [5, 5.41) is 4.85. The van der Waals surface area contributed by atoms with Crippen molar-refractivity contribution in [3.63, 3.8) is 0 Å². The van der Waals surface area contributed by atoms with Crippen LogP contribution >= 0.6 is 11.3 Å².